The van der Waals surface area contributed by atoms with Gasteiger partial charge in [0, 0.05) is 32.0 Å². The molecule has 0 aliphatic carbocycles. The minimum absolute atomic E-state index is 0.0360. The molecule has 0 aliphatic rings. The number of carbonyl (C=O) groups excluding carboxylic acids is 1. The van der Waals surface area contributed by atoms with Crippen molar-refractivity contribution in [2.75, 3.05) is 18.6 Å². The van der Waals surface area contributed by atoms with Crippen molar-refractivity contribution >= 4 is 45.2 Å². The number of rotatable bonds is 10. The molecule has 228 valence electrons. The van der Waals surface area contributed by atoms with Gasteiger partial charge in [0.25, 0.3) is 0 Å². The molecule has 2 atom stereocenters. The zero-order chi connectivity index (χ0) is 31.2. The van der Waals surface area contributed by atoms with Crippen LogP contribution in [0.15, 0.2) is 101 Å². The molecule has 2 unspecified atom stereocenters. The summed E-state index contributed by atoms with van der Waals surface area (Å²) >= 11 is 12.4. The molecule has 1 heterocycles. The minimum atomic E-state index is -1.98. The van der Waals surface area contributed by atoms with Crippen LogP contribution in [0.2, 0.25) is 10.4 Å². The molecule has 0 spiro atoms. The molecular weight excluding hydrogens is 603 g/mol. The van der Waals surface area contributed by atoms with Crippen LogP contribution < -0.4 is 15.0 Å². The number of anilines is 1. The second-order valence-corrected chi connectivity index (χ2v) is 15.3. The summed E-state index contributed by atoms with van der Waals surface area (Å²) in [6, 6.07) is 26.8. The fourth-order valence-electron chi connectivity index (χ4n) is 4.94. The summed E-state index contributed by atoms with van der Waals surface area (Å²) in [5.74, 6) is 0.676. The number of aromatic nitrogens is 2. The maximum atomic E-state index is 14.0. The molecule has 0 saturated carbocycles. The fourth-order valence-corrected chi connectivity index (χ4v) is 9.20. The van der Waals surface area contributed by atoms with E-state index in [-0.39, 0.29) is 33.9 Å². The van der Waals surface area contributed by atoms with Gasteiger partial charge >= 0.3 is 6.03 Å². The Labute approximate surface area is 266 Å². The van der Waals surface area contributed by atoms with Gasteiger partial charge in [-0.25, -0.2) is 14.8 Å². The van der Waals surface area contributed by atoms with Crippen LogP contribution in [0.3, 0.4) is 0 Å². The Balaban J connectivity index is 1.64. The molecule has 1 aromatic heterocycles. The van der Waals surface area contributed by atoms with Crippen LogP contribution in [0, 0.1) is 0 Å². The smallest absolute Gasteiger partial charge is 0.322 e. The van der Waals surface area contributed by atoms with E-state index in [1.807, 2.05) is 62.4 Å². The van der Waals surface area contributed by atoms with E-state index in [0.717, 1.165) is 9.79 Å². The maximum absolute atomic E-state index is 14.0. The average Bonchev–Trinajstić information content (AvgIpc) is 2.98. The Morgan fingerprint density at radius 1 is 0.930 bits per heavy atom. The number of nitrogens with one attached hydrogen (secondary N) is 1. The SMILES string of the molecule is COc1ccc(N(C(=O)NC(C)COS(c2ccccc2)(c2ccccc2)C(C)(C)C)C(C)c2cnc(Cl)nc2Cl)cc1. The second kappa shape index (κ2) is 14.0. The molecule has 7 nitrogen and oxygen atoms in total. The third-order valence-corrected chi connectivity index (χ3v) is 11.6. The van der Waals surface area contributed by atoms with E-state index in [0.29, 0.717) is 17.0 Å². The zero-order valence-electron chi connectivity index (χ0n) is 25.3. The second-order valence-electron chi connectivity index (χ2n) is 11.1. The van der Waals surface area contributed by atoms with Crippen LogP contribution in [-0.2, 0) is 4.18 Å². The van der Waals surface area contributed by atoms with E-state index in [1.54, 1.807) is 30.3 Å². The summed E-state index contributed by atoms with van der Waals surface area (Å²) in [5.41, 5.74) is 1.21. The van der Waals surface area contributed by atoms with Crippen molar-refractivity contribution < 1.29 is 13.7 Å². The highest BCUT2D eigenvalue weighted by atomic mass is 35.5. The topological polar surface area (TPSA) is 76.6 Å². The van der Waals surface area contributed by atoms with Crippen molar-refractivity contribution in [3.8, 4) is 5.75 Å². The molecule has 10 heteroatoms. The van der Waals surface area contributed by atoms with E-state index < -0.39 is 16.4 Å². The number of hydrogen-bond acceptors (Lipinski definition) is 5. The van der Waals surface area contributed by atoms with E-state index in [2.05, 4.69) is 60.3 Å². The lowest BCUT2D eigenvalue weighted by Crippen LogP contribution is -2.47. The number of methoxy groups -OCH3 is 1. The summed E-state index contributed by atoms with van der Waals surface area (Å²) < 4.78 is 12.1. The molecular formula is C33H38Cl2N4O3S. The lowest BCUT2D eigenvalue weighted by atomic mass is 10.1. The Morgan fingerprint density at radius 2 is 1.49 bits per heavy atom. The molecule has 0 aliphatic heterocycles. The lowest BCUT2D eigenvalue weighted by molar-refractivity contribution is 0.233. The number of nitrogens with zero attached hydrogens (tertiary/aromatic N) is 3. The summed E-state index contributed by atoms with van der Waals surface area (Å²) in [6.07, 6.45) is 1.54. The number of benzene rings is 3. The molecule has 3 aromatic carbocycles. The standard InChI is InChI=1S/C33H38Cl2N4O3S/c1-23(22-42-43(33(3,4)5,27-13-9-7-10-14-27)28-15-11-8-12-16-28)37-32(40)39(25-17-19-26(41-6)20-18-25)24(2)29-21-36-31(35)38-30(29)34/h7-21,23-24H,22H2,1-6H3,(H,37,40). The number of halogens is 2. The van der Waals surface area contributed by atoms with Crippen LogP contribution in [0.5, 0.6) is 5.75 Å². The number of hydrogen-bond donors (Lipinski definition) is 1. The van der Waals surface area contributed by atoms with Gasteiger partial charge in [-0.2, -0.15) is 0 Å². The van der Waals surface area contributed by atoms with Crippen LogP contribution in [0.25, 0.3) is 0 Å². The predicted octanol–water partition coefficient (Wildman–Crippen LogP) is 9.11. The van der Waals surface area contributed by atoms with Gasteiger partial charge in [-0.3, -0.25) is 4.90 Å². The minimum Gasteiger partial charge on any atom is -0.497 e. The molecule has 1 N–H and O–H groups in total. The van der Waals surface area contributed by atoms with E-state index >= 15 is 0 Å². The first kappa shape index (κ1) is 32.6. The fraction of sp³-hybridized carbons (Fsp3) is 0.303. The maximum Gasteiger partial charge on any atom is 0.322 e. The van der Waals surface area contributed by atoms with Crippen molar-refractivity contribution in [3.05, 3.63) is 107 Å². The highest BCUT2D eigenvalue weighted by molar-refractivity contribution is 8.31. The largest absolute Gasteiger partial charge is 0.497 e. The van der Waals surface area contributed by atoms with Gasteiger partial charge in [0.1, 0.15) is 10.9 Å². The Morgan fingerprint density at radius 3 is 1.98 bits per heavy atom. The highest BCUT2D eigenvalue weighted by Gasteiger charge is 2.42. The van der Waals surface area contributed by atoms with Gasteiger partial charge in [-0.05, 0) is 94.8 Å². The molecule has 0 radical (unpaired) electrons. The van der Waals surface area contributed by atoms with Gasteiger partial charge < -0.3 is 14.2 Å². The molecule has 0 bridgehead atoms. The van der Waals surface area contributed by atoms with Crippen molar-refractivity contribution in [2.45, 2.75) is 61.2 Å². The van der Waals surface area contributed by atoms with Crippen molar-refractivity contribution in [3.63, 3.8) is 0 Å². The van der Waals surface area contributed by atoms with Gasteiger partial charge in [0.2, 0.25) is 5.28 Å². The van der Waals surface area contributed by atoms with Gasteiger partial charge in [-0.15, -0.1) is 0 Å². The molecule has 4 rings (SSSR count). The summed E-state index contributed by atoms with van der Waals surface area (Å²) in [4.78, 5) is 26.0. The third-order valence-electron chi connectivity index (χ3n) is 7.02. The Bertz CT molecular complexity index is 1460. The predicted molar refractivity (Wildman–Crippen MR) is 177 cm³/mol. The van der Waals surface area contributed by atoms with Crippen molar-refractivity contribution in [2.24, 2.45) is 0 Å². The summed E-state index contributed by atoms with van der Waals surface area (Å²) in [7, 11) is -0.379. The van der Waals surface area contributed by atoms with E-state index in [4.69, 9.17) is 32.1 Å². The highest BCUT2D eigenvalue weighted by Crippen LogP contribution is 2.71. The zero-order valence-corrected chi connectivity index (χ0v) is 27.6. The molecule has 4 aromatic rings. The van der Waals surface area contributed by atoms with Crippen molar-refractivity contribution in [1.29, 1.82) is 0 Å². The number of amides is 2. The number of urea groups is 1. The number of ether oxygens (including phenoxy) is 1. The summed E-state index contributed by atoms with van der Waals surface area (Å²) in [6.45, 7) is 10.7. The molecule has 0 saturated heterocycles. The first-order chi connectivity index (χ1) is 20.5. The van der Waals surface area contributed by atoms with E-state index in [9.17, 15) is 4.79 Å². The first-order valence-corrected chi connectivity index (χ1v) is 16.3. The van der Waals surface area contributed by atoms with Crippen LogP contribution >= 0.6 is 33.5 Å². The average molecular weight is 642 g/mol. The molecule has 0 fully saturated rings. The Kier molecular flexibility index (Phi) is 10.6. The van der Waals surface area contributed by atoms with Gasteiger partial charge in [-0.1, -0.05) is 58.3 Å². The van der Waals surface area contributed by atoms with Gasteiger partial charge in [0.15, 0.2) is 0 Å². The Hall–Kier alpha value is -3.30. The molecule has 43 heavy (non-hydrogen) atoms. The number of carbonyl (C=O) groups is 1. The van der Waals surface area contributed by atoms with Crippen LogP contribution in [-0.4, -0.2) is 40.5 Å². The summed E-state index contributed by atoms with van der Waals surface area (Å²) in [5, 5.41) is 3.37. The first-order valence-electron chi connectivity index (χ1n) is 14.0. The third kappa shape index (κ3) is 7.27. The monoisotopic (exact) mass is 640 g/mol. The van der Waals surface area contributed by atoms with E-state index in [1.165, 1.54) is 0 Å². The lowest BCUT2D eigenvalue weighted by Gasteiger charge is -2.50. The molecule has 2 amide bonds. The van der Waals surface area contributed by atoms with Gasteiger partial charge in [0.05, 0.1) is 25.8 Å². The van der Waals surface area contributed by atoms with Crippen LogP contribution in [0.1, 0.15) is 46.2 Å². The van der Waals surface area contributed by atoms with Crippen molar-refractivity contribution in [1.82, 2.24) is 15.3 Å². The normalized spacial score (nSPS) is 13.6. The quantitative estimate of drug-likeness (QED) is 0.138. The van der Waals surface area contributed by atoms with Crippen LogP contribution in [0.4, 0.5) is 10.5 Å².